The van der Waals surface area contributed by atoms with Crippen LogP contribution in [0.4, 0.5) is 0 Å². The largest absolute Gasteiger partial charge is 0.472 e. The maximum absolute atomic E-state index is 8.49. The molecule has 1 aromatic heterocycles. The van der Waals surface area contributed by atoms with Crippen molar-refractivity contribution in [1.29, 1.82) is 0 Å². The molecule has 1 rings (SSSR count). The van der Waals surface area contributed by atoms with Crippen molar-refractivity contribution in [3.63, 3.8) is 0 Å². The van der Waals surface area contributed by atoms with Crippen LogP contribution in [-0.2, 0) is 4.74 Å². The van der Waals surface area contributed by atoms with Gasteiger partial charge in [0, 0.05) is 5.56 Å². The van der Waals surface area contributed by atoms with E-state index in [0.29, 0.717) is 0 Å². The Morgan fingerprint density at radius 2 is 2.58 bits per heavy atom. The molecule has 1 N–H and O–H groups in total. The zero-order chi connectivity index (χ0) is 8.81. The molecule has 0 spiro atoms. The van der Waals surface area contributed by atoms with E-state index in [2.05, 4.69) is 5.92 Å². The van der Waals surface area contributed by atoms with Crippen LogP contribution in [0.5, 0.6) is 0 Å². The molecule has 0 amide bonds. The lowest BCUT2D eigenvalue weighted by molar-refractivity contribution is 0.0590. The Morgan fingerprint density at radius 3 is 3.08 bits per heavy atom. The molecule has 0 radical (unpaired) electrons. The van der Waals surface area contributed by atoms with E-state index in [1.54, 1.807) is 6.07 Å². The van der Waals surface area contributed by atoms with Gasteiger partial charge in [-0.1, -0.05) is 5.92 Å². The summed E-state index contributed by atoms with van der Waals surface area (Å²) in [7, 11) is 0. The average Bonchev–Trinajstić information content (AvgIpc) is 2.59. The van der Waals surface area contributed by atoms with E-state index in [9.17, 15) is 0 Å². The molecule has 0 aliphatic carbocycles. The minimum absolute atomic E-state index is 0.0317. The molecule has 0 saturated heterocycles. The first-order valence-corrected chi connectivity index (χ1v) is 3.59. The summed E-state index contributed by atoms with van der Waals surface area (Å²) >= 11 is 0. The molecule has 64 valence electrons. The normalized spacial score (nSPS) is 12.3. The summed E-state index contributed by atoms with van der Waals surface area (Å²) in [5.74, 6) is 2.45. The van der Waals surface area contributed by atoms with E-state index in [1.807, 2.05) is 0 Å². The van der Waals surface area contributed by atoms with Gasteiger partial charge in [-0.05, 0) is 6.07 Å². The SMILES string of the molecule is C#C[C@@H](OCCO)c1ccoc1. The third kappa shape index (κ3) is 2.12. The summed E-state index contributed by atoms with van der Waals surface area (Å²) in [4.78, 5) is 0. The lowest BCUT2D eigenvalue weighted by Crippen LogP contribution is -2.04. The molecule has 0 saturated carbocycles. The van der Waals surface area contributed by atoms with Crippen LogP contribution >= 0.6 is 0 Å². The fourth-order valence-electron chi connectivity index (χ4n) is 0.835. The highest BCUT2D eigenvalue weighted by Gasteiger charge is 2.08. The van der Waals surface area contributed by atoms with Crippen molar-refractivity contribution < 1.29 is 14.3 Å². The highest BCUT2D eigenvalue weighted by molar-refractivity contribution is 5.18. The lowest BCUT2D eigenvalue weighted by Gasteiger charge is -2.07. The van der Waals surface area contributed by atoms with Crippen molar-refractivity contribution in [3.8, 4) is 12.3 Å². The van der Waals surface area contributed by atoms with E-state index in [0.717, 1.165) is 5.56 Å². The highest BCUT2D eigenvalue weighted by Crippen LogP contribution is 2.15. The molecule has 0 aliphatic heterocycles. The predicted octanol–water partition coefficient (Wildman–Crippen LogP) is 0.963. The van der Waals surface area contributed by atoms with Crippen LogP contribution < -0.4 is 0 Å². The van der Waals surface area contributed by atoms with Crippen molar-refractivity contribution in [2.24, 2.45) is 0 Å². The number of furan rings is 1. The van der Waals surface area contributed by atoms with E-state index < -0.39 is 6.10 Å². The molecular weight excluding hydrogens is 156 g/mol. The van der Waals surface area contributed by atoms with Crippen LogP contribution in [0.3, 0.4) is 0 Å². The number of rotatable bonds is 4. The highest BCUT2D eigenvalue weighted by atomic mass is 16.5. The smallest absolute Gasteiger partial charge is 0.146 e. The minimum atomic E-state index is -0.420. The second-order valence-electron chi connectivity index (χ2n) is 2.20. The first-order valence-electron chi connectivity index (χ1n) is 3.59. The third-order valence-corrected chi connectivity index (χ3v) is 1.37. The minimum Gasteiger partial charge on any atom is -0.472 e. The van der Waals surface area contributed by atoms with Crippen LogP contribution in [0, 0.1) is 12.3 Å². The number of ether oxygens (including phenoxy) is 1. The van der Waals surface area contributed by atoms with E-state index in [-0.39, 0.29) is 13.2 Å². The molecule has 0 fully saturated rings. The molecule has 12 heavy (non-hydrogen) atoms. The Kier molecular flexibility index (Phi) is 3.39. The first kappa shape index (κ1) is 8.85. The van der Waals surface area contributed by atoms with Gasteiger partial charge in [0.05, 0.1) is 25.7 Å². The van der Waals surface area contributed by atoms with E-state index in [1.165, 1.54) is 12.5 Å². The van der Waals surface area contributed by atoms with Crippen LogP contribution in [0.25, 0.3) is 0 Å². The predicted molar refractivity (Wildman–Crippen MR) is 43.3 cm³/mol. The zero-order valence-corrected chi connectivity index (χ0v) is 6.56. The van der Waals surface area contributed by atoms with E-state index >= 15 is 0 Å². The van der Waals surface area contributed by atoms with E-state index in [4.69, 9.17) is 20.7 Å². The molecular formula is C9H10O3. The van der Waals surface area contributed by atoms with Gasteiger partial charge in [-0.3, -0.25) is 0 Å². The van der Waals surface area contributed by atoms with Gasteiger partial charge in [0.2, 0.25) is 0 Å². The maximum atomic E-state index is 8.49. The Labute approximate surface area is 71.0 Å². The summed E-state index contributed by atoms with van der Waals surface area (Å²) in [5.41, 5.74) is 0.797. The van der Waals surface area contributed by atoms with Gasteiger partial charge in [-0.15, -0.1) is 6.42 Å². The molecule has 3 heteroatoms. The van der Waals surface area contributed by atoms with Crippen molar-refractivity contribution in [1.82, 2.24) is 0 Å². The summed E-state index contributed by atoms with van der Waals surface area (Å²) in [6, 6.07) is 1.74. The summed E-state index contributed by atoms with van der Waals surface area (Å²) in [6.45, 7) is 0.204. The van der Waals surface area contributed by atoms with Gasteiger partial charge in [-0.25, -0.2) is 0 Å². The van der Waals surface area contributed by atoms with Crippen LogP contribution in [0.2, 0.25) is 0 Å². The fourth-order valence-corrected chi connectivity index (χ4v) is 0.835. The zero-order valence-electron chi connectivity index (χ0n) is 6.56. The Balaban J connectivity index is 2.53. The lowest BCUT2D eigenvalue weighted by atomic mass is 10.2. The third-order valence-electron chi connectivity index (χ3n) is 1.37. The van der Waals surface area contributed by atoms with Gasteiger partial charge in [-0.2, -0.15) is 0 Å². The molecule has 0 unspecified atom stereocenters. The average molecular weight is 166 g/mol. The standard InChI is InChI=1S/C9H10O3/c1-2-9(12-6-4-10)8-3-5-11-7-8/h1,3,5,7,9-10H,4,6H2/t9-/m1/s1. The Bertz CT molecular complexity index is 245. The Morgan fingerprint density at radius 1 is 1.75 bits per heavy atom. The Hall–Kier alpha value is -1.24. The first-order chi connectivity index (χ1) is 5.88. The number of aliphatic hydroxyl groups is 1. The monoisotopic (exact) mass is 166 g/mol. The van der Waals surface area contributed by atoms with Crippen LogP contribution in [-0.4, -0.2) is 18.3 Å². The van der Waals surface area contributed by atoms with Crippen LogP contribution in [0.15, 0.2) is 23.0 Å². The summed E-state index contributed by atoms with van der Waals surface area (Å²) < 4.78 is 9.98. The van der Waals surface area contributed by atoms with Gasteiger partial charge in [0.25, 0.3) is 0 Å². The second kappa shape index (κ2) is 4.60. The van der Waals surface area contributed by atoms with Crippen molar-refractivity contribution in [3.05, 3.63) is 24.2 Å². The quantitative estimate of drug-likeness (QED) is 0.677. The molecule has 1 atom stereocenters. The molecule has 0 aromatic carbocycles. The van der Waals surface area contributed by atoms with Gasteiger partial charge in [0.1, 0.15) is 6.10 Å². The number of aliphatic hydroxyl groups excluding tert-OH is 1. The maximum Gasteiger partial charge on any atom is 0.146 e. The number of terminal acetylenes is 1. The molecule has 3 nitrogen and oxygen atoms in total. The van der Waals surface area contributed by atoms with Crippen molar-refractivity contribution >= 4 is 0 Å². The summed E-state index contributed by atoms with van der Waals surface area (Å²) in [5, 5.41) is 8.49. The van der Waals surface area contributed by atoms with Gasteiger partial charge in [0.15, 0.2) is 0 Å². The topological polar surface area (TPSA) is 42.6 Å². The molecule has 0 aliphatic rings. The van der Waals surface area contributed by atoms with Gasteiger partial charge >= 0.3 is 0 Å². The van der Waals surface area contributed by atoms with Crippen molar-refractivity contribution in [2.75, 3.05) is 13.2 Å². The molecule has 0 bridgehead atoms. The van der Waals surface area contributed by atoms with Crippen molar-refractivity contribution in [2.45, 2.75) is 6.10 Å². The summed E-state index contributed by atoms with van der Waals surface area (Å²) in [6.07, 6.45) is 7.85. The van der Waals surface area contributed by atoms with Crippen LogP contribution in [0.1, 0.15) is 11.7 Å². The van der Waals surface area contributed by atoms with Gasteiger partial charge < -0.3 is 14.3 Å². The fraction of sp³-hybridized carbons (Fsp3) is 0.333. The second-order valence-corrected chi connectivity index (χ2v) is 2.20. The molecule has 1 heterocycles. The number of hydrogen-bond donors (Lipinski definition) is 1. The number of hydrogen-bond acceptors (Lipinski definition) is 3. The molecule has 1 aromatic rings.